The van der Waals surface area contributed by atoms with Crippen molar-refractivity contribution in [3.05, 3.63) is 457 Å². The second-order valence-corrected chi connectivity index (χ2v) is 50.3. The maximum absolute atomic E-state index is 19.1. The first-order valence-electron chi connectivity index (χ1n) is 48.8. The van der Waals surface area contributed by atoms with E-state index in [-0.39, 0.29) is 16.7 Å². The molecule has 0 bridgehead atoms. The number of hydrogen-bond donors (Lipinski definition) is 0. The van der Waals surface area contributed by atoms with Crippen molar-refractivity contribution in [3.63, 3.8) is 0 Å². The quantitative estimate of drug-likeness (QED) is 0.0791. The van der Waals surface area contributed by atoms with Crippen LogP contribution in [-0.2, 0) is 0 Å². The third kappa shape index (κ3) is 14.5. The number of para-hydroxylation sites is 1. The maximum atomic E-state index is 19.1. The van der Waals surface area contributed by atoms with Gasteiger partial charge in [0.1, 0.15) is 17.5 Å². The summed E-state index contributed by atoms with van der Waals surface area (Å²) in [6.45, 7) is 30.0. The van der Waals surface area contributed by atoms with E-state index in [2.05, 4.69) is 338 Å². The Labute approximate surface area is 818 Å². The Kier molecular flexibility index (Phi) is 21.9. The molecule has 2 nitrogen and oxygen atoms in total. The molecule has 7 heteroatoms. The predicted octanol–water partition coefficient (Wildman–Crippen LogP) is 37.8. The number of nitrogens with zero attached hydrogens (tertiary/aromatic N) is 2. The normalized spacial score (nSPS) is 12.0. The van der Waals surface area contributed by atoms with E-state index < -0.39 is 33.6 Å². The number of benzene rings is 24. The molecule has 0 heterocycles. The van der Waals surface area contributed by atoms with E-state index in [4.69, 9.17) is 0 Å². The van der Waals surface area contributed by atoms with Crippen LogP contribution in [0.5, 0.6) is 0 Å². The zero-order valence-corrected chi connectivity index (χ0v) is 83.1. The van der Waals surface area contributed by atoms with Gasteiger partial charge in [0.15, 0.2) is 0 Å². The van der Waals surface area contributed by atoms with E-state index in [1.54, 1.807) is 0 Å². The summed E-state index contributed by atoms with van der Waals surface area (Å²) in [6.07, 6.45) is 0. The summed E-state index contributed by atoms with van der Waals surface area (Å²) in [5.41, 5.74) is 22.1. The Morgan fingerprint density at radius 1 is 0.171 bits per heavy atom. The summed E-state index contributed by atoms with van der Waals surface area (Å²) in [5.74, 6) is -2.86. The van der Waals surface area contributed by atoms with Gasteiger partial charge in [-0.3, -0.25) is 0 Å². The fraction of sp³-hybridized carbons (Fsp3) is 0.0977. The Morgan fingerprint density at radius 2 is 0.371 bits per heavy atom. The lowest BCUT2D eigenvalue weighted by Gasteiger charge is -2.32. The SMILES string of the molecule is Cc1cc(C)c(N(c2ccccc2)c2c3ccccc3c(-c3cc(-c4c5ccccc5c([Si](C)(C)C)c5ccccc45)cc(-c4c5ccccc5c([Si](C)(C)C)c5ccccc45)c3)c3ccccc23)c(C)c1.Cc1ccc(N(c2ccc(C)cc2)c2c3ccccc3c(-c3c(F)c(-c4c5ccccc5c(C)c5ccccc45)c(F)c(-c4c5ccccc5c(C)c5ccccc45)c3F)c3ccccc23)cc1. The molecule has 0 saturated heterocycles. The molecular weight excluding hydrogens is 1740 g/mol. The maximum Gasteiger partial charge on any atom is 0.144 e. The first-order chi connectivity index (χ1) is 68.0. The summed E-state index contributed by atoms with van der Waals surface area (Å²) >= 11 is 0. The van der Waals surface area contributed by atoms with Gasteiger partial charge in [-0.1, -0.05) is 402 Å². The Bertz CT molecular complexity index is 8550. The Balaban J connectivity index is 0.000000156. The standard InChI is InChI=1S/C69H61NSi2.C64H44F3N/c1-44-39-45(2)66(46(3)40-44)70(50-25-11-10-12-26-50)67-57-33-19-13-27-51(57)63(52-28-14-20-34-58(52)67)47-41-48(64-53-29-15-21-35-59(53)68(71(4,5)6)60-36-22-16-30-54(60)64)43-49(42-47)65-55-31-17-23-37-61(55)69(72(7,8)9)62-38-24-18-32-56(62)65;1-37-29-33-41(34-30-37)68(42-35-31-38(2)32-36-42)64-53-27-15-13-25-51(53)57(52-26-14-16-28-54(52)64)60-62(66)58(55-47-21-9-5-17-43(47)39(3)44-18-6-10-22-48(44)55)61(65)59(63(60)67)56-49-23-11-7-19-45(49)40(4)46-20-8-12-24-50(46)56/h10-43H,1-9H3;5-36H,1-4H3. The molecule has 0 spiro atoms. The molecule has 0 N–H and O–H groups in total. The van der Waals surface area contributed by atoms with Gasteiger partial charge >= 0.3 is 0 Å². The van der Waals surface area contributed by atoms with E-state index in [0.717, 1.165) is 77.3 Å². The van der Waals surface area contributed by atoms with E-state index in [0.29, 0.717) is 49.0 Å². The lowest BCUT2D eigenvalue weighted by atomic mass is 9.81. The van der Waals surface area contributed by atoms with Crippen molar-refractivity contribution in [1.29, 1.82) is 0 Å². The minimum absolute atomic E-state index is 0.268. The zero-order valence-electron chi connectivity index (χ0n) is 81.1. The van der Waals surface area contributed by atoms with Gasteiger partial charge in [0.2, 0.25) is 0 Å². The molecule has 0 aliphatic carbocycles. The molecular formula is C133H105F3N2Si2. The molecule has 24 aromatic rings. The highest BCUT2D eigenvalue weighted by atomic mass is 28.3. The average molecular weight is 1840 g/mol. The summed E-state index contributed by atoms with van der Waals surface area (Å²) in [7, 11) is -3.66. The van der Waals surface area contributed by atoms with Crippen LogP contribution in [0.25, 0.3) is 196 Å². The van der Waals surface area contributed by atoms with Crippen LogP contribution in [0.4, 0.5) is 47.3 Å². The van der Waals surface area contributed by atoms with Crippen LogP contribution in [0.2, 0.25) is 39.3 Å². The summed E-state index contributed by atoms with van der Waals surface area (Å²) in [6, 6.07) is 142. The number of anilines is 6. The largest absolute Gasteiger partial charge is 0.309 e. The highest BCUT2D eigenvalue weighted by Gasteiger charge is 2.37. The molecule has 0 unspecified atom stereocenters. The average Bonchev–Trinajstić information content (AvgIpc) is 0.701. The molecule has 0 fully saturated rings. The second kappa shape index (κ2) is 34.7. The van der Waals surface area contributed by atoms with Crippen molar-refractivity contribution in [1.82, 2.24) is 0 Å². The molecule has 0 aliphatic rings. The number of hydrogen-bond acceptors (Lipinski definition) is 2. The van der Waals surface area contributed by atoms with E-state index in [1.807, 2.05) is 159 Å². The monoisotopic (exact) mass is 1840 g/mol. The van der Waals surface area contributed by atoms with E-state index in [1.165, 1.54) is 136 Å². The van der Waals surface area contributed by atoms with Gasteiger partial charge in [0.25, 0.3) is 0 Å². The van der Waals surface area contributed by atoms with Crippen molar-refractivity contribution in [3.8, 4) is 66.8 Å². The van der Waals surface area contributed by atoms with Gasteiger partial charge in [0, 0.05) is 55.3 Å². The summed E-state index contributed by atoms with van der Waals surface area (Å²) < 4.78 is 57.2. The van der Waals surface area contributed by atoms with Gasteiger partial charge in [-0.05, 0) is 277 Å². The fourth-order valence-corrected chi connectivity index (χ4v) is 27.8. The number of fused-ring (bicyclic) bond motifs is 12. The summed E-state index contributed by atoms with van der Waals surface area (Å²) in [4.78, 5) is 4.77. The van der Waals surface area contributed by atoms with Gasteiger partial charge in [-0.2, -0.15) is 0 Å². The molecule has 24 aromatic carbocycles. The van der Waals surface area contributed by atoms with Crippen molar-refractivity contribution in [2.45, 2.75) is 87.7 Å². The number of halogens is 3. The van der Waals surface area contributed by atoms with Gasteiger partial charge in [-0.25, -0.2) is 13.2 Å². The smallest absolute Gasteiger partial charge is 0.144 e. The van der Waals surface area contributed by atoms with Crippen molar-refractivity contribution in [2.75, 3.05) is 9.80 Å². The molecule has 0 amide bonds. The summed E-state index contributed by atoms with van der Waals surface area (Å²) in [5, 5.41) is 27.7. The van der Waals surface area contributed by atoms with Crippen molar-refractivity contribution >= 4 is 190 Å². The van der Waals surface area contributed by atoms with Crippen LogP contribution in [0.3, 0.4) is 0 Å². The highest BCUT2D eigenvalue weighted by Crippen LogP contribution is 2.57. The predicted molar refractivity (Wildman–Crippen MR) is 604 cm³/mol. The van der Waals surface area contributed by atoms with Gasteiger partial charge in [-0.15, -0.1) is 0 Å². The van der Waals surface area contributed by atoms with Crippen LogP contribution in [0, 0.1) is 65.9 Å². The Hall–Kier alpha value is -15.8. The first kappa shape index (κ1) is 88.2. The third-order valence-corrected chi connectivity index (χ3v) is 33.4. The molecule has 0 saturated carbocycles. The molecule has 676 valence electrons. The van der Waals surface area contributed by atoms with Crippen molar-refractivity contribution < 1.29 is 13.2 Å². The van der Waals surface area contributed by atoms with Crippen LogP contribution >= 0.6 is 0 Å². The topological polar surface area (TPSA) is 6.48 Å². The lowest BCUT2D eigenvalue weighted by Crippen LogP contribution is -2.38. The number of aryl methyl sites for hydroxylation is 7. The molecule has 0 aromatic heterocycles. The molecule has 0 atom stereocenters. The fourth-order valence-electron chi connectivity index (χ4n) is 23.6. The lowest BCUT2D eigenvalue weighted by molar-refractivity contribution is 0.558. The van der Waals surface area contributed by atoms with Crippen molar-refractivity contribution in [2.24, 2.45) is 0 Å². The zero-order chi connectivity index (χ0) is 96.0. The minimum Gasteiger partial charge on any atom is -0.309 e. The molecule has 140 heavy (non-hydrogen) atoms. The van der Waals surface area contributed by atoms with Crippen LogP contribution in [0.1, 0.15) is 38.9 Å². The number of rotatable bonds is 14. The highest BCUT2D eigenvalue weighted by molar-refractivity contribution is 6.93. The molecule has 24 rings (SSSR count). The molecule has 0 aliphatic heterocycles. The van der Waals surface area contributed by atoms with Crippen LogP contribution in [0.15, 0.2) is 400 Å². The van der Waals surface area contributed by atoms with Crippen LogP contribution < -0.4 is 20.2 Å². The minimum atomic E-state index is -1.83. The van der Waals surface area contributed by atoms with Crippen LogP contribution in [-0.4, -0.2) is 16.1 Å². The van der Waals surface area contributed by atoms with Gasteiger partial charge < -0.3 is 9.80 Å². The third-order valence-electron chi connectivity index (χ3n) is 29.3. The van der Waals surface area contributed by atoms with E-state index >= 15 is 13.2 Å². The van der Waals surface area contributed by atoms with E-state index in [9.17, 15) is 0 Å². The van der Waals surface area contributed by atoms with Gasteiger partial charge in [0.05, 0.1) is 49.9 Å². The molecule has 0 radical (unpaired) electrons. The second-order valence-electron chi connectivity index (χ2n) is 40.3. The Morgan fingerprint density at radius 3 is 0.629 bits per heavy atom. The first-order valence-corrected chi connectivity index (χ1v) is 55.8.